The summed E-state index contributed by atoms with van der Waals surface area (Å²) in [4.78, 5) is 4.20. The van der Waals surface area contributed by atoms with E-state index in [1.165, 1.54) is 0 Å². The molecule has 0 bridgehead atoms. The standard InChI is InChI=1S/C10H16N2/c1-4-10(2,3)12-9-7-5-6-8-11-9/h5-8H,4H2,1-3H3,(H,11,12). The fraction of sp³-hybridized carbons (Fsp3) is 0.500. The van der Waals surface area contributed by atoms with Crippen LogP contribution in [-0.2, 0) is 0 Å². The maximum absolute atomic E-state index is 4.20. The fourth-order valence-electron chi connectivity index (χ4n) is 0.872. The largest absolute Gasteiger partial charge is 0.365 e. The highest BCUT2D eigenvalue weighted by molar-refractivity contribution is 5.35. The van der Waals surface area contributed by atoms with E-state index in [4.69, 9.17) is 0 Å². The van der Waals surface area contributed by atoms with Gasteiger partial charge < -0.3 is 5.32 Å². The molecule has 0 aromatic carbocycles. The highest BCUT2D eigenvalue weighted by Crippen LogP contribution is 2.14. The predicted molar refractivity (Wildman–Crippen MR) is 52.2 cm³/mol. The average Bonchev–Trinajstić information content (AvgIpc) is 2.06. The number of aromatic nitrogens is 1. The Labute approximate surface area is 74.0 Å². The van der Waals surface area contributed by atoms with Gasteiger partial charge in [0.05, 0.1) is 0 Å². The average molecular weight is 164 g/mol. The van der Waals surface area contributed by atoms with Gasteiger partial charge in [0, 0.05) is 11.7 Å². The van der Waals surface area contributed by atoms with Crippen LogP contribution < -0.4 is 5.32 Å². The maximum Gasteiger partial charge on any atom is 0.126 e. The molecule has 0 amide bonds. The zero-order valence-electron chi connectivity index (χ0n) is 7.96. The quantitative estimate of drug-likeness (QED) is 0.743. The van der Waals surface area contributed by atoms with E-state index in [2.05, 4.69) is 31.1 Å². The lowest BCUT2D eigenvalue weighted by molar-refractivity contribution is 0.545. The van der Waals surface area contributed by atoms with Crippen molar-refractivity contribution in [3.05, 3.63) is 24.4 Å². The number of anilines is 1. The molecule has 12 heavy (non-hydrogen) atoms. The van der Waals surface area contributed by atoms with Gasteiger partial charge in [-0.05, 0) is 32.4 Å². The van der Waals surface area contributed by atoms with Crippen LogP contribution in [0.4, 0.5) is 5.82 Å². The number of hydrogen-bond donors (Lipinski definition) is 1. The van der Waals surface area contributed by atoms with Gasteiger partial charge in [0.2, 0.25) is 0 Å². The van der Waals surface area contributed by atoms with Gasteiger partial charge in [-0.15, -0.1) is 0 Å². The molecule has 1 heterocycles. The van der Waals surface area contributed by atoms with Crippen LogP contribution in [0.5, 0.6) is 0 Å². The van der Waals surface area contributed by atoms with Crippen molar-refractivity contribution in [2.45, 2.75) is 32.7 Å². The predicted octanol–water partition coefficient (Wildman–Crippen LogP) is 2.68. The van der Waals surface area contributed by atoms with E-state index in [9.17, 15) is 0 Å². The molecule has 0 radical (unpaired) electrons. The molecule has 0 atom stereocenters. The van der Waals surface area contributed by atoms with Crippen LogP contribution in [0.25, 0.3) is 0 Å². The molecule has 2 heteroatoms. The monoisotopic (exact) mass is 164 g/mol. The normalized spacial score (nSPS) is 11.2. The first-order valence-electron chi connectivity index (χ1n) is 4.33. The second-order valence-corrected chi connectivity index (χ2v) is 3.58. The summed E-state index contributed by atoms with van der Waals surface area (Å²) in [7, 11) is 0. The molecule has 0 fully saturated rings. The summed E-state index contributed by atoms with van der Waals surface area (Å²) < 4.78 is 0. The molecule has 0 aliphatic heterocycles. The minimum atomic E-state index is 0.133. The molecule has 1 aromatic rings. The molecule has 0 saturated carbocycles. The topological polar surface area (TPSA) is 24.9 Å². The summed E-state index contributed by atoms with van der Waals surface area (Å²) in [6.07, 6.45) is 2.89. The van der Waals surface area contributed by atoms with Crippen molar-refractivity contribution in [1.82, 2.24) is 4.98 Å². The summed E-state index contributed by atoms with van der Waals surface area (Å²) in [5.41, 5.74) is 0.133. The van der Waals surface area contributed by atoms with E-state index in [1.807, 2.05) is 18.2 Å². The van der Waals surface area contributed by atoms with Crippen molar-refractivity contribution in [3.63, 3.8) is 0 Å². The molecule has 0 aliphatic rings. The van der Waals surface area contributed by atoms with Crippen molar-refractivity contribution in [1.29, 1.82) is 0 Å². The molecule has 1 rings (SSSR count). The van der Waals surface area contributed by atoms with E-state index >= 15 is 0 Å². The molecule has 0 aliphatic carbocycles. The van der Waals surface area contributed by atoms with Crippen molar-refractivity contribution >= 4 is 5.82 Å². The molecule has 1 aromatic heterocycles. The Balaban J connectivity index is 2.64. The maximum atomic E-state index is 4.20. The number of nitrogens with zero attached hydrogens (tertiary/aromatic N) is 1. The summed E-state index contributed by atoms with van der Waals surface area (Å²) in [5, 5.41) is 3.36. The van der Waals surface area contributed by atoms with E-state index < -0.39 is 0 Å². The van der Waals surface area contributed by atoms with Crippen molar-refractivity contribution < 1.29 is 0 Å². The minimum absolute atomic E-state index is 0.133. The highest BCUT2D eigenvalue weighted by atomic mass is 15.0. The first-order chi connectivity index (χ1) is 5.64. The van der Waals surface area contributed by atoms with Crippen LogP contribution in [0.2, 0.25) is 0 Å². The molecule has 66 valence electrons. The SMILES string of the molecule is CCC(C)(C)Nc1ccccn1. The minimum Gasteiger partial charge on any atom is -0.365 e. The Morgan fingerprint density at radius 2 is 2.17 bits per heavy atom. The third kappa shape index (κ3) is 2.53. The Hall–Kier alpha value is -1.05. The van der Waals surface area contributed by atoms with Gasteiger partial charge in [-0.25, -0.2) is 4.98 Å². The van der Waals surface area contributed by atoms with E-state index in [-0.39, 0.29) is 5.54 Å². The summed E-state index contributed by atoms with van der Waals surface area (Å²) in [6.45, 7) is 6.50. The Kier molecular flexibility index (Phi) is 2.69. The van der Waals surface area contributed by atoms with Crippen LogP contribution >= 0.6 is 0 Å². The lowest BCUT2D eigenvalue weighted by Crippen LogP contribution is -2.29. The summed E-state index contributed by atoms with van der Waals surface area (Å²) in [5.74, 6) is 0.948. The molecule has 0 unspecified atom stereocenters. The zero-order valence-corrected chi connectivity index (χ0v) is 7.96. The van der Waals surface area contributed by atoms with E-state index in [1.54, 1.807) is 6.20 Å². The second kappa shape index (κ2) is 3.57. The van der Waals surface area contributed by atoms with E-state index in [0.717, 1.165) is 12.2 Å². The van der Waals surface area contributed by atoms with Crippen molar-refractivity contribution in [3.8, 4) is 0 Å². The van der Waals surface area contributed by atoms with Gasteiger partial charge >= 0.3 is 0 Å². The van der Waals surface area contributed by atoms with Gasteiger partial charge in [0.25, 0.3) is 0 Å². The lowest BCUT2D eigenvalue weighted by Gasteiger charge is -2.24. The first kappa shape index (κ1) is 9.04. The third-order valence-electron chi connectivity index (χ3n) is 2.02. The Morgan fingerprint density at radius 3 is 2.67 bits per heavy atom. The Morgan fingerprint density at radius 1 is 1.42 bits per heavy atom. The molecular weight excluding hydrogens is 148 g/mol. The third-order valence-corrected chi connectivity index (χ3v) is 2.02. The molecular formula is C10H16N2. The smallest absolute Gasteiger partial charge is 0.126 e. The molecule has 1 N–H and O–H groups in total. The highest BCUT2D eigenvalue weighted by Gasteiger charge is 2.13. The zero-order chi connectivity index (χ0) is 9.03. The molecule has 2 nitrogen and oxygen atoms in total. The summed E-state index contributed by atoms with van der Waals surface area (Å²) in [6, 6.07) is 5.89. The fourth-order valence-corrected chi connectivity index (χ4v) is 0.872. The number of rotatable bonds is 3. The van der Waals surface area contributed by atoms with E-state index in [0.29, 0.717) is 0 Å². The van der Waals surface area contributed by atoms with Crippen LogP contribution in [0.1, 0.15) is 27.2 Å². The van der Waals surface area contributed by atoms with Gasteiger partial charge in [0.15, 0.2) is 0 Å². The Bertz CT molecular complexity index is 229. The van der Waals surface area contributed by atoms with Gasteiger partial charge in [-0.1, -0.05) is 13.0 Å². The number of pyridine rings is 1. The van der Waals surface area contributed by atoms with Crippen molar-refractivity contribution in [2.75, 3.05) is 5.32 Å². The van der Waals surface area contributed by atoms with Crippen LogP contribution in [0, 0.1) is 0 Å². The summed E-state index contributed by atoms with van der Waals surface area (Å²) >= 11 is 0. The lowest BCUT2D eigenvalue weighted by atomic mass is 10.0. The number of nitrogens with one attached hydrogen (secondary N) is 1. The van der Waals surface area contributed by atoms with Crippen LogP contribution in [0.3, 0.4) is 0 Å². The second-order valence-electron chi connectivity index (χ2n) is 3.58. The molecule has 0 saturated heterocycles. The van der Waals surface area contributed by atoms with Gasteiger partial charge in [-0.3, -0.25) is 0 Å². The van der Waals surface area contributed by atoms with Crippen LogP contribution in [-0.4, -0.2) is 10.5 Å². The first-order valence-corrected chi connectivity index (χ1v) is 4.33. The van der Waals surface area contributed by atoms with Gasteiger partial charge in [0.1, 0.15) is 5.82 Å². The van der Waals surface area contributed by atoms with Gasteiger partial charge in [-0.2, -0.15) is 0 Å². The number of hydrogen-bond acceptors (Lipinski definition) is 2. The van der Waals surface area contributed by atoms with Crippen LogP contribution in [0.15, 0.2) is 24.4 Å². The molecule has 0 spiro atoms. The van der Waals surface area contributed by atoms with Crippen molar-refractivity contribution in [2.24, 2.45) is 0 Å².